The highest BCUT2D eigenvalue weighted by Crippen LogP contribution is 2.22. The van der Waals surface area contributed by atoms with Gasteiger partial charge in [0.2, 0.25) is 5.13 Å². The highest BCUT2D eigenvalue weighted by atomic mass is 32.1. The number of halogens is 1. The monoisotopic (exact) mass is 309 g/mol. The molecule has 1 unspecified atom stereocenters. The van der Waals surface area contributed by atoms with Gasteiger partial charge in [0.15, 0.2) is 6.10 Å². The Labute approximate surface area is 126 Å². The van der Waals surface area contributed by atoms with E-state index in [4.69, 9.17) is 4.74 Å². The van der Waals surface area contributed by atoms with E-state index in [1.807, 2.05) is 13.8 Å². The Bertz CT molecular complexity index is 613. The van der Waals surface area contributed by atoms with Crippen molar-refractivity contribution in [2.24, 2.45) is 0 Å². The summed E-state index contributed by atoms with van der Waals surface area (Å²) in [6, 6.07) is 5.50. The van der Waals surface area contributed by atoms with Gasteiger partial charge in [-0.1, -0.05) is 25.2 Å². The number of anilines is 1. The van der Waals surface area contributed by atoms with E-state index < -0.39 is 6.10 Å². The summed E-state index contributed by atoms with van der Waals surface area (Å²) in [5, 5.41) is 11.9. The van der Waals surface area contributed by atoms with Crippen molar-refractivity contribution < 1.29 is 13.9 Å². The number of benzene rings is 1. The van der Waals surface area contributed by atoms with Crippen LogP contribution < -0.4 is 10.1 Å². The topological polar surface area (TPSA) is 64.1 Å². The smallest absolute Gasteiger partial charge is 0.266 e. The van der Waals surface area contributed by atoms with E-state index in [0.717, 1.165) is 5.01 Å². The number of carbonyl (C=O) groups excluding carboxylic acids is 1. The highest BCUT2D eigenvalue weighted by Gasteiger charge is 2.17. The zero-order chi connectivity index (χ0) is 15.4. The minimum atomic E-state index is -0.720. The van der Waals surface area contributed by atoms with Crippen molar-refractivity contribution in [2.75, 3.05) is 5.32 Å². The molecule has 0 aliphatic carbocycles. The molecule has 2 rings (SSSR count). The predicted molar refractivity (Wildman–Crippen MR) is 79.1 cm³/mol. The highest BCUT2D eigenvalue weighted by molar-refractivity contribution is 7.15. The lowest BCUT2D eigenvalue weighted by Gasteiger charge is -2.13. The molecule has 0 spiro atoms. The number of ether oxygens (including phenoxy) is 1. The quantitative estimate of drug-likeness (QED) is 0.921. The lowest BCUT2D eigenvalue weighted by molar-refractivity contribution is -0.122. The van der Waals surface area contributed by atoms with Gasteiger partial charge in [-0.2, -0.15) is 0 Å². The second-order valence-corrected chi connectivity index (χ2v) is 5.81. The van der Waals surface area contributed by atoms with Gasteiger partial charge < -0.3 is 4.74 Å². The molecule has 0 aliphatic heterocycles. The minimum Gasteiger partial charge on any atom is -0.481 e. The second kappa shape index (κ2) is 6.62. The number of hydrogen-bond donors (Lipinski definition) is 1. The molecule has 0 saturated carbocycles. The van der Waals surface area contributed by atoms with Crippen molar-refractivity contribution in [2.45, 2.75) is 32.8 Å². The van der Waals surface area contributed by atoms with Crippen LogP contribution in [0.25, 0.3) is 0 Å². The fraction of sp³-hybridized carbons (Fsp3) is 0.357. The molecule has 7 heteroatoms. The minimum absolute atomic E-state index is 0.265. The normalized spacial score (nSPS) is 12.2. The van der Waals surface area contributed by atoms with Crippen LogP contribution in [0.4, 0.5) is 9.52 Å². The van der Waals surface area contributed by atoms with Crippen LogP contribution in [0.5, 0.6) is 5.75 Å². The molecule has 5 nitrogen and oxygen atoms in total. The summed E-state index contributed by atoms with van der Waals surface area (Å²) in [5.74, 6) is 0.0144. The van der Waals surface area contributed by atoms with Crippen molar-refractivity contribution in [3.63, 3.8) is 0 Å². The molecule has 2 aromatic rings. The van der Waals surface area contributed by atoms with Gasteiger partial charge in [-0.15, -0.1) is 10.2 Å². The summed E-state index contributed by atoms with van der Waals surface area (Å²) in [6.45, 7) is 5.63. The van der Waals surface area contributed by atoms with Crippen molar-refractivity contribution in [3.8, 4) is 5.75 Å². The number of nitrogens with one attached hydrogen (secondary N) is 1. The Morgan fingerprint density at radius 1 is 1.24 bits per heavy atom. The van der Waals surface area contributed by atoms with Crippen LogP contribution in [0, 0.1) is 5.82 Å². The van der Waals surface area contributed by atoms with E-state index in [-0.39, 0.29) is 17.6 Å². The number of nitrogens with zero attached hydrogens (tertiary/aromatic N) is 2. The third kappa shape index (κ3) is 4.22. The molecule has 1 aromatic heterocycles. The Morgan fingerprint density at radius 3 is 2.48 bits per heavy atom. The molecule has 1 aromatic carbocycles. The summed E-state index contributed by atoms with van der Waals surface area (Å²) in [6.07, 6.45) is -0.720. The Kier molecular flexibility index (Phi) is 4.85. The van der Waals surface area contributed by atoms with Crippen molar-refractivity contribution in [3.05, 3.63) is 35.1 Å². The van der Waals surface area contributed by atoms with E-state index in [1.54, 1.807) is 6.92 Å². The van der Waals surface area contributed by atoms with E-state index in [1.165, 1.54) is 35.6 Å². The summed E-state index contributed by atoms with van der Waals surface area (Å²) in [7, 11) is 0. The summed E-state index contributed by atoms with van der Waals surface area (Å²) in [5.41, 5.74) is 0. The molecule has 112 valence electrons. The van der Waals surface area contributed by atoms with Crippen LogP contribution >= 0.6 is 11.3 Å². The third-order valence-electron chi connectivity index (χ3n) is 2.66. The Balaban J connectivity index is 1.94. The number of aromatic nitrogens is 2. The molecule has 1 amide bonds. The maximum atomic E-state index is 12.8. The maximum Gasteiger partial charge on any atom is 0.266 e. The van der Waals surface area contributed by atoms with Crippen molar-refractivity contribution >= 4 is 22.4 Å². The van der Waals surface area contributed by atoms with E-state index in [0.29, 0.717) is 10.9 Å². The van der Waals surface area contributed by atoms with Gasteiger partial charge in [-0.05, 0) is 31.2 Å². The molecule has 0 saturated heterocycles. The molecule has 0 radical (unpaired) electrons. The van der Waals surface area contributed by atoms with Crippen LogP contribution in [0.3, 0.4) is 0 Å². The van der Waals surface area contributed by atoms with Gasteiger partial charge in [0.05, 0.1) is 0 Å². The summed E-state index contributed by atoms with van der Waals surface area (Å²) >= 11 is 1.34. The number of carbonyl (C=O) groups is 1. The number of hydrogen-bond acceptors (Lipinski definition) is 5. The molecule has 0 aliphatic rings. The maximum absolute atomic E-state index is 12.8. The standard InChI is InChI=1S/C14H16FN3O2S/c1-8(2)13-17-18-14(21-13)16-12(19)9(3)20-11-6-4-10(15)5-7-11/h4-9H,1-3H3,(H,16,18,19). The van der Waals surface area contributed by atoms with E-state index in [2.05, 4.69) is 15.5 Å². The van der Waals surface area contributed by atoms with Gasteiger partial charge in [0.1, 0.15) is 16.6 Å². The number of rotatable bonds is 5. The fourth-order valence-electron chi connectivity index (χ4n) is 1.50. The molecule has 1 heterocycles. The molecular weight excluding hydrogens is 293 g/mol. The largest absolute Gasteiger partial charge is 0.481 e. The first kappa shape index (κ1) is 15.4. The lowest BCUT2D eigenvalue weighted by atomic mass is 10.2. The first-order valence-electron chi connectivity index (χ1n) is 6.52. The first-order valence-corrected chi connectivity index (χ1v) is 7.34. The Hall–Kier alpha value is -2.02. The predicted octanol–water partition coefficient (Wildman–Crippen LogP) is 3.21. The van der Waals surface area contributed by atoms with Crippen LogP contribution in [-0.4, -0.2) is 22.2 Å². The van der Waals surface area contributed by atoms with Crippen LogP contribution in [-0.2, 0) is 4.79 Å². The van der Waals surface area contributed by atoms with Crippen LogP contribution in [0.15, 0.2) is 24.3 Å². The third-order valence-corrected chi connectivity index (χ3v) is 3.80. The van der Waals surface area contributed by atoms with Gasteiger partial charge in [0, 0.05) is 5.92 Å². The molecule has 21 heavy (non-hydrogen) atoms. The van der Waals surface area contributed by atoms with E-state index >= 15 is 0 Å². The zero-order valence-corrected chi connectivity index (χ0v) is 12.8. The van der Waals surface area contributed by atoms with Gasteiger partial charge in [-0.25, -0.2) is 4.39 Å². The fourth-order valence-corrected chi connectivity index (χ4v) is 2.24. The zero-order valence-electron chi connectivity index (χ0n) is 12.0. The molecule has 1 atom stereocenters. The molecular formula is C14H16FN3O2S. The second-order valence-electron chi connectivity index (χ2n) is 4.80. The average Bonchev–Trinajstić information content (AvgIpc) is 2.90. The lowest BCUT2D eigenvalue weighted by Crippen LogP contribution is -2.30. The molecule has 1 N–H and O–H groups in total. The summed E-state index contributed by atoms with van der Waals surface area (Å²) in [4.78, 5) is 12.0. The van der Waals surface area contributed by atoms with Gasteiger partial charge in [-0.3, -0.25) is 10.1 Å². The Morgan fingerprint density at radius 2 is 1.90 bits per heavy atom. The number of amides is 1. The summed E-state index contributed by atoms with van der Waals surface area (Å²) < 4.78 is 18.2. The van der Waals surface area contributed by atoms with Crippen LogP contribution in [0.2, 0.25) is 0 Å². The van der Waals surface area contributed by atoms with Gasteiger partial charge >= 0.3 is 0 Å². The molecule has 0 fully saturated rings. The van der Waals surface area contributed by atoms with E-state index in [9.17, 15) is 9.18 Å². The van der Waals surface area contributed by atoms with Crippen molar-refractivity contribution in [1.82, 2.24) is 10.2 Å². The first-order chi connectivity index (χ1) is 9.95. The average molecular weight is 309 g/mol. The molecule has 0 bridgehead atoms. The van der Waals surface area contributed by atoms with Crippen LogP contribution in [0.1, 0.15) is 31.7 Å². The van der Waals surface area contributed by atoms with Crippen molar-refractivity contribution in [1.29, 1.82) is 0 Å². The van der Waals surface area contributed by atoms with Gasteiger partial charge in [0.25, 0.3) is 5.91 Å². The SMILES string of the molecule is CC(Oc1ccc(F)cc1)C(=O)Nc1nnc(C(C)C)s1.